The maximum atomic E-state index is 12.3. The number of anilines is 1. The molecule has 0 radical (unpaired) electrons. The van der Waals surface area contributed by atoms with Crippen LogP contribution in [0.5, 0.6) is 0 Å². The van der Waals surface area contributed by atoms with Gasteiger partial charge in [0.15, 0.2) is 0 Å². The van der Waals surface area contributed by atoms with E-state index in [0.29, 0.717) is 18.2 Å². The Kier molecular flexibility index (Phi) is 5.84. The highest BCUT2D eigenvalue weighted by Crippen LogP contribution is 2.17. The summed E-state index contributed by atoms with van der Waals surface area (Å²) in [5.41, 5.74) is 2.27. The number of carbonyl (C=O) groups excluding carboxylic acids is 2. The SMILES string of the molecule is C=CCNC(=O)c1cccc(C(=O)Nc2ccc(C(C)C)cc2)n1. The van der Waals surface area contributed by atoms with Crippen LogP contribution in [0.4, 0.5) is 5.69 Å². The number of rotatable bonds is 6. The van der Waals surface area contributed by atoms with E-state index < -0.39 is 0 Å². The van der Waals surface area contributed by atoms with Gasteiger partial charge in [-0.25, -0.2) is 4.98 Å². The van der Waals surface area contributed by atoms with Gasteiger partial charge < -0.3 is 10.6 Å². The molecular formula is C19H21N3O2. The van der Waals surface area contributed by atoms with Crippen molar-refractivity contribution in [2.75, 3.05) is 11.9 Å². The zero-order valence-corrected chi connectivity index (χ0v) is 13.9. The van der Waals surface area contributed by atoms with Crippen LogP contribution in [0.1, 0.15) is 46.3 Å². The van der Waals surface area contributed by atoms with E-state index in [2.05, 4.69) is 36.0 Å². The van der Waals surface area contributed by atoms with Crippen LogP contribution < -0.4 is 10.6 Å². The predicted octanol–water partition coefficient (Wildman–Crippen LogP) is 3.37. The number of amides is 2. The van der Waals surface area contributed by atoms with Crippen molar-refractivity contribution in [1.82, 2.24) is 10.3 Å². The van der Waals surface area contributed by atoms with Crippen molar-refractivity contribution in [2.24, 2.45) is 0 Å². The third-order valence-corrected chi connectivity index (χ3v) is 3.46. The number of carbonyl (C=O) groups is 2. The zero-order valence-electron chi connectivity index (χ0n) is 13.9. The fourth-order valence-corrected chi connectivity index (χ4v) is 2.09. The second kappa shape index (κ2) is 8.06. The minimum absolute atomic E-state index is 0.189. The van der Waals surface area contributed by atoms with Crippen molar-refractivity contribution >= 4 is 17.5 Å². The molecule has 5 nitrogen and oxygen atoms in total. The quantitative estimate of drug-likeness (QED) is 0.801. The Morgan fingerprint density at radius 3 is 2.29 bits per heavy atom. The number of benzene rings is 1. The molecule has 0 saturated heterocycles. The van der Waals surface area contributed by atoms with Crippen molar-refractivity contribution in [2.45, 2.75) is 19.8 Å². The summed E-state index contributed by atoms with van der Waals surface area (Å²) in [6.45, 7) is 8.11. The van der Waals surface area contributed by atoms with Crippen LogP contribution in [-0.4, -0.2) is 23.3 Å². The first-order valence-corrected chi connectivity index (χ1v) is 7.78. The standard InChI is InChI=1S/C19H21N3O2/c1-4-12-20-18(23)16-6-5-7-17(22-16)19(24)21-15-10-8-14(9-11-15)13(2)3/h4-11,13H,1,12H2,2-3H3,(H,20,23)(H,21,24). The van der Waals surface area contributed by atoms with Crippen molar-refractivity contribution in [1.29, 1.82) is 0 Å². The number of nitrogens with zero attached hydrogens (tertiary/aromatic N) is 1. The van der Waals surface area contributed by atoms with Crippen LogP contribution in [0.25, 0.3) is 0 Å². The first kappa shape index (κ1) is 17.4. The van der Waals surface area contributed by atoms with Gasteiger partial charge in [-0.1, -0.05) is 38.1 Å². The molecule has 1 heterocycles. The molecule has 2 aromatic rings. The van der Waals surface area contributed by atoms with E-state index in [4.69, 9.17) is 0 Å². The lowest BCUT2D eigenvalue weighted by Crippen LogP contribution is -2.25. The lowest BCUT2D eigenvalue weighted by Gasteiger charge is -2.09. The second-order valence-corrected chi connectivity index (χ2v) is 5.64. The zero-order chi connectivity index (χ0) is 17.5. The molecule has 0 bridgehead atoms. The van der Waals surface area contributed by atoms with Crippen molar-refractivity contribution < 1.29 is 9.59 Å². The molecule has 124 valence electrons. The summed E-state index contributed by atoms with van der Waals surface area (Å²) in [5, 5.41) is 5.41. The second-order valence-electron chi connectivity index (χ2n) is 5.64. The molecule has 0 saturated carbocycles. The van der Waals surface area contributed by atoms with Gasteiger partial charge in [-0.05, 0) is 35.7 Å². The first-order chi connectivity index (χ1) is 11.5. The average Bonchev–Trinajstić information content (AvgIpc) is 2.60. The summed E-state index contributed by atoms with van der Waals surface area (Å²) < 4.78 is 0. The van der Waals surface area contributed by atoms with Gasteiger partial charge >= 0.3 is 0 Å². The molecule has 2 rings (SSSR count). The predicted molar refractivity (Wildman–Crippen MR) is 95.3 cm³/mol. The Morgan fingerprint density at radius 2 is 1.71 bits per heavy atom. The molecule has 0 aliphatic carbocycles. The number of pyridine rings is 1. The number of aromatic nitrogens is 1. The van der Waals surface area contributed by atoms with Crippen LogP contribution in [0.3, 0.4) is 0 Å². The molecular weight excluding hydrogens is 302 g/mol. The van der Waals surface area contributed by atoms with E-state index in [9.17, 15) is 9.59 Å². The maximum Gasteiger partial charge on any atom is 0.274 e. The fraction of sp³-hybridized carbons (Fsp3) is 0.211. The average molecular weight is 323 g/mol. The minimum Gasteiger partial charge on any atom is -0.347 e. The van der Waals surface area contributed by atoms with Gasteiger partial charge in [0.25, 0.3) is 11.8 Å². The molecule has 0 atom stereocenters. The van der Waals surface area contributed by atoms with E-state index in [-0.39, 0.29) is 23.2 Å². The minimum atomic E-state index is -0.356. The smallest absolute Gasteiger partial charge is 0.274 e. The Labute approximate surface area is 141 Å². The molecule has 2 amide bonds. The molecule has 0 aliphatic rings. The van der Waals surface area contributed by atoms with Gasteiger partial charge in [-0.3, -0.25) is 9.59 Å². The van der Waals surface area contributed by atoms with E-state index in [0.717, 1.165) is 0 Å². The van der Waals surface area contributed by atoms with Gasteiger partial charge in [0.05, 0.1) is 0 Å². The molecule has 2 N–H and O–H groups in total. The summed E-state index contributed by atoms with van der Waals surface area (Å²) in [6.07, 6.45) is 1.58. The Hall–Kier alpha value is -2.95. The largest absolute Gasteiger partial charge is 0.347 e. The van der Waals surface area contributed by atoms with Crippen LogP contribution in [0, 0.1) is 0 Å². The van der Waals surface area contributed by atoms with Crippen LogP contribution in [-0.2, 0) is 0 Å². The molecule has 1 aromatic heterocycles. The maximum absolute atomic E-state index is 12.3. The van der Waals surface area contributed by atoms with Crippen LogP contribution in [0.2, 0.25) is 0 Å². The summed E-state index contributed by atoms with van der Waals surface area (Å²) in [4.78, 5) is 28.3. The third-order valence-electron chi connectivity index (χ3n) is 3.46. The van der Waals surface area contributed by atoms with Gasteiger partial charge in [0.2, 0.25) is 0 Å². The summed E-state index contributed by atoms with van der Waals surface area (Å²) in [7, 11) is 0. The fourth-order valence-electron chi connectivity index (χ4n) is 2.09. The molecule has 0 fully saturated rings. The van der Waals surface area contributed by atoms with Crippen molar-refractivity contribution in [3.63, 3.8) is 0 Å². The van der Waals surface area contributed by atoms with Crippen LogP contribution in [0.15, 0.2) is 55.1 Å². The lowest BCUT2D eigenvalue weighted by atomic mass is 10.0. The summed E-state index contributed by atoms with van der Waals surface area (Å²) in [5.74, 6) is -0.265. The Bertz CT molecular complexity index is 737. The van der Waals surface area contributed by atoms with Gasteiger partial charge in [-0.15, -0.1) is 6.58 Å². The third kappa shape index (κ3) is 4.52. The molecule has 24 heavy (non-hydrogen) atoms. The van der Waals surface area contributed by atoms with E-state index in [1.807, 2.05) is 24.3 Å². The molecule has 0 spiro atoms. The Balaban J connectivity index is 2.09. The topological polar surface area (TPSA) is 71.1 Å². The highest BCUT2D eigenvalue weighted by atomic mass is 16.2. The van der Waals surface area contributed by atoms with Crippen molar-refractivity contribution in [3.05, 3.63) is 72.1 Å². The first-order valence-electron chi connectivity index (χ1n) is 7.78. The monoisotopic (exact) mass is 323 g/mol. The van der Waals surface area contributed by atoms with E-state index >= 15 is 0 Å². The van der Waals surface area contributed by atoms with Gasteiger partial charge in [0.1, 0.15) is 11.4 Å². The number of hydrogen-bond acceptors (Lipinski definition) is 3. The van der Waals surface area contributed by atoms with Crippen molar-refractivity contribution in [3.8, 4) is 0 Å². The Morgan fingerprint density at radius 1 is 1.08 bits per heavy atom. The molecule has 5 heteroatoms. The highest BCUT2D eigenvalue weighted by Gasteiger charge is 2.12. The normalized spacial score (nSPS) is 10.3. The molecule has 0 unspecified atom stereocenters. The summed E-state index contributed by atoms with van der Waals surface area (Å²) >= 11 is 0. The number of hydrogen-bond donors (Lipinski definition) is 2. The molecule has 1 aromatic carbocycles. The molecule has 0 aliphatic heterocycles. The number of nitrogens with one attached hydrogen (secondary N) is 2. The van der Waals surface area contributed by atoms with Gasteiger partial charge in [0, 0.05) is 12.2 Å². The van der Waals surface area contributed by atoms with Gasteiger partial charge in [-0.2, -0.15) is 0 Å². The summed E-state index contributed by atoms with van der Waals surface area (Å²) in [6, 6.07) is 12.4. The van der Waals surface area contributed by atoms with E-state index in [1.165, 1.54) is 5.56 Å². The van der Waals surface area contributed by atoms with Crippen LogP contribution >= 0.6 is 0 Å². The van der Waals surface area contributed by atoms with E-state index in [1.54, 1.807) is 24.3 Å². The highest BCUT2D eigenvalue weighted by molar-refractivity contribution is 6.03. The lowest BCUT2D eigenvalue weighted by molar-refractivity contribution is 0.0953.